The highest BCUT2D eigenvalue weighted by molar-refractivity contribution is 6.07. The fourth-order valence-electron chi connectivity index (χ4n) is 3.07. The Kier molecular flexibility index (Phi) is 7.20. The number of alkyl halides is 3. The van der Waals surface area contributed by atoms with E-state index in [2.05, 4.69) is 20.3 Å². The zero-order valence-corrected chi connectivity index (χ0v) is 18.6. The summed E-state index contributed by atoms with van der Waals surface area (Å²) < 4.78 is 55.8. The Morgan fingerprint density at radius 2 is 1.80 bits per heavy atom. The van der Waals surface area contributed by atoms with Crippen LogP contribution in [0.2, 0.25) is 0 Å². The van der Waals surface area contributed by atoms with E-state index >= 15 is 0 Å². The molecule has 1 heterocycles. The number of amides is 1. The Bertz CT molecular complexity index is 1340. The van der Waals surface area contributed by atoms with Crippen molar-refractivity contribution in [1.82, 2.24) is 10.2 Å². The van der Waals surface area contributed by atoms with Crippen LogP contribution in [0.4, 0.5) is 18.9 Å². The number of aromatic nitrogens is 2. The topological polar surface area (TPSA) is 123 Å². The second-order valence-electron chi connectivity index (χ2n) is 6.96. The fourth-order valence-corrected chi connectivity index (χ4v) is 3.07. The van der Waals surface area contributed by atoms with Crippen molar-refractivity contribution in [3.63, 3.8) is 0 Å². The molecule has 3 rings (SSSR count). The lowest BCUT2D eigenvalue weighted by atomic mass is 10.1. The molecule has 1 aromatic heterocycles. The highest BCUT2D eigenvalue weighted by Crippen LogP contribution is 2.37. The van der Waals surface area contributed by atoms with Gasteiger partial charge in [0.15, 0.2) is 17.2 Å². The Balaban J connectivity index is 2.07. The smallest absolute Gasteiger partial charge is 0.435 e. The second-order valence-corrected chi connectivity index (χ2v) is 6.96. The van der Waals surface area contributed by atoms with Crippen LogP contribution in [0.25, 0.3) is 0 Å². The van der Waals surface area contributed by atoms with Gasteiger partial charge in [-0.2, -0.15) is 18.4 Å². The van der Waals surface area contributed by atoms with Gasteiger partial charge in [-0.15, -0.1) is 10.2 Å². The van der Waals surface area contributed by atoms with Gasteiger partial charge in [0.25, 0.3) is 11.8 Å². The number of benzene rings is 2. The van der Waals surface area contributed by atoms with E-state index in [1.807, 2.05) is 6.07 Å². The van der Waals surface area contributed by atoms with Crippen LogP contribution >= 0.6 is 0 Å². The van der Waals surface area contributed by atoms with Crippen molar-refractivity contribution < 1.29 is 37.0 Å². The Labute approximate surface area is 197 Å². The van der Waals surface area contributed by atoms with Crippen LogP contribution in [0.3, 0.4) is 0 Å². The molecule has 0 aliphatic rings. The SMILES string of the molecule is COC(=O)c1cccc(NC(=O)c2c(Oc3ccc(C#N)cc3OC)nnc(C(F)(F)F)c2C)c1. The first-order chi connectivity index (χ1) is 16.6. The number of nitrogens with one attached hydrogen (secondary N) is 1. The van der Waals surface area contributed by atoms with Gasteiger partial charge in [0.05, 0.1) is 31.4 Å². The minimum Gasteiger partial charge on any atom is -0.493 e. The molecule has 0 bridgehead atoms. The molecule has 0 saturated heterocycles. The standard InChI is InChI=1S/C23H17F3N4O5/c1-12-18(20(31)28-15-6-4-5-14(10-15)22(32)34-3)21(30-29-19(12)23(24,25)26)35-16-8-7-13(11-27)9-17(16)33-2/h4-10H,1-3H3,(H,28,31). The third kappa shape index (κ3) is 5.47. The molecule has 1 amide bonds. The lowest BCUT2D eigenvalue weighted by Crippen LogP contribution is -2.21. The molecule has 3 aromatic rings. The van der Waals surface area contributed by atoms with E-state index in [9.17, 15) is 22.8 Å². The number of nitrogens with zero attached hydrogens (tertiary/aromatic N) is 3. The fraction of sp³-hybridized carbons (Fsp3) is 0.174. The van der Waals surface area contributed by atoms with Gasteiger partial charge in [-0.05, 0) is 42.8 Å². The number of hydrogen-bond acceptors (Lipinski definition) is 8. The van der Waals surface area contributed by atoms with E-state index in [0.717, 1.165) is 6.92 Å². The van der Waals surface area contributed by atoms with Gasteiger partial charge >= 0.3 is 12.1 Å². The first-order valence-corrected chi connectivity index (χ1v) is 9.79. The number of halogens is 3. The average Bonchev–Trinajstić information content (AvgIpc) is 2.83. The Morgan fingerprint density at radius 1 is 1.06 bits per heavy atom. The summed E-state index contributed by atoms with van der Waals surface area (Å²) >= 11 is 0. The van der Waals surface area contributed by atoms with Crippen molar-refractivity contribution in [2.45, 2.75) is 13.1 Å². The van der Waals surface area contributed by atoms with Gasteiger partial charge in [-0.3, -0.25) is 4.79 Å². The van der Waals surface area contributed by atoms with E-state index < -0.39 is 40.8 Å². The molecule has 0 atom stereocenters. The van der Waals surface area contributed by atoms with Crippen LogP contribution in [0, 0.1) is 18.3 Å². The minimum atomic E-state index is -4.89. The first-order valence-electron chi connectivity index (χ1n) is 9.79. The van der Waals surface area contributed by atoms with Crippen LogP contribution < -0.4 is 14.8 Å². The summed E-state index contributed by atoms with van der Waals surface area (Å²) in [5.41, 5.74) is -1.97. The number of carbonyl (C=O) groups is 2. The van der Waals surface area contributed by atoms with E-state index in [1.54, 1.807) is 0 Å². The predicted octanol–water partition coefficient (Wildman–Crippen LogP) is 4.52. The molecule has 180 valence electrons. The minimum absolute atomic E-state index is 0.0123. The molecule has 9 nitrogen and oxygen atoms in total. The van der Waals surface area contributed by atoms with Crippen LogP contribution in [0.1, 0.15) is 37.5 Å². The maximum Gasteiger partial charge on any atom is 0.435 e. The molecule has 0 spiro atoms. The Morgan fingerprint density at radius 3 is 2.43 bits per heavy atom. The maximum atomic E-state index is 13.5. The third-order valence-electron chi connectivity index (χ3n) is 4.72. The van der Waals surface area contributed by atoms with Gasteiger partial charge in [0, 0.05) is 11.8 Å². The predicted molar refractivity (Wildman–Crippen MR) is 115 cm³/mol. The summed E-state index contributed by atoms with van der Waals surface area (Å²) in [6, 6.07) is 11.6. The third-order valence-corrected chi connectivity index (χ3v) is 4.72. The first kappa shape index (κ1) is 25.0. The number of methoxy groups -OCH3 is 2. The molecular formula is C23H17F3N4O5. The summed E-state index contributed by atoms with van der Waals surface area (Å²) in [5, 5.41) is 18.2. The van der Waals surface area contributed by atoms with Crippen molar-refractivity contribution in [2.75, 3.05) is 19.5 Å². The van der Waals surface area contributed by atoms with Crippen molar-refractivity contribution in [3.05, 3.63) is 70.4 Å². The number of hydrogen-bond donors (Lipinski definition) is 1. The summed E-state index contributed by atoms with van der Waals surface area (Å²) in [6.07, 6.45) is -4.89. The molecule has 0 radical (unpaired) electrons. The number of anilines is 1. The number of esters is 1. The molecule has 0 aliphatic carbocycles. The van der Waals surface area contributed by atoms with Crippen molar-refractivity contribution in [1.29, 1.82) is 5.26 Å². The monoisotopic (exact) mass is 486 g/mol. The number of ether oxygens (including phenoxy) is 3. The highest BCUT2D eigenvalue weighted by Gasteiger charge is 2.38. The largest absolute Gasteiger partial charge is 0.493 e. The Hall–Kier alpha value is -4.66. The second kappa shape index (κ2) is 10.1. The molecule has 0 aliphatic heterocycles. The summed E-state index contributed by atoms with van der Waals surface area (Å²) in [4.78, 5) is 24.9. The summed E-state index contributed by atoms with van der Waals surface area (Å²) in [5.74, 6) is -2.12. The lowest BCUT2D eigenvalue weighted by Gasteiger charge is -2.17. The number of carbonyl (C=O) groups excluding carboxylic acids is 2. The van der Waals surface area contributed by atoms with E-state index in [-0.39, 0.29) is 28.3 Å². The summed E-state index contributed by atoms with van der Waals surface area (Å²) in [6.45, 7) is 1.06. The van der Waals surface area contributed by atoms with E-state index in [4.69, 9.17) is 14.7 Å². The molecular weight excluding hydrogens is 469 g/mol. The van der Waals surface area contributed by atoms with Gasteiger partial charge in [0.2, 0.25) is 0 Å². The van der Waals surface area contributed by atoms with Crippen LogP contribution in [0.15, 0.2) is 42.5 Å². The molecule has 35 heavy (non-hydrogen) atoms. The van der Waals surface area contributed by atoms with Crippen molar-refractivity contribution >= 4 is 17.6 Å². The van der Waals surface area contributed by atoms with E-state index in [1.165, 1.54) is 56.7 Å². The average molecular weight is 486 g/mol. The highest BCUT2D eigenvalue weighted by atomic mass is 19.4. The molecule has 1 N–H and O–H groups in total. The zero-order valence-electron chi connectivity index (χ0n) is 18.6. The quantitative estimate of drug-likeness (QED) is 0.505. The van der Waals surface area contributed by atoms with Gasteiger partial charge in [-0.1, -0.05) is 6.07 Å². The van der Waals surface area contributed by atoms with Gasteiger partial charge in [-0.25, -0.2) is 4.79 Å². The number of rotatable bonds is 6. The van der Waals surface area contributed by atoms with Crippen molar-refractivity contribution in [2.24, 2.45) is 0 Å². The maximum absolute atomic E-state index is 13.5. The van der Waals surface area contributed by atoms with Crippen molar-refractivity contribution in [3.8, 4) is 23.4 Å². The zero-order chi connectivity index (χ0) is 25.8. The molecule has 0 unspecified atom stereocenters. The lowest BCUT2D eigenvalue weighted by molar-refractivity contribution is -0.142. The van der Waals surface area contributed by atoms with E-state index in [0.29, 0.717) is 0 Å². The molecule has 0 saturated carbocycles. The van der Waals surface area contributed by atoms with Crippen LogP contribution in [-0.2, 0) is 10.9 Å². The summed E-state index contributed by atoms with van der Waals surface area (Å²) in [7, 11) is 2.48. The normalized spacial score (nSPS) is 10.8. The molecule has 12 heteroatoms. The van der Waals surface area contributed by atoms with Crippen LogP contribution in [-0.4, -0.2) is 36.3 Å². The van der Waals surface area contributed by atoms with Gasteiger partial charge < -0.3 is 19.5 Å². The van der Waals surface area contributed by atoms with Gasteiger partial charge in [0.1, 0.15) is 5.56 Å². The molecule has 2 aromatic carbocycles. The van der Waals surface area contributed by atoms with Crippen LogP contribution in [0.5, 0.6) is 17.4 Å². The number of nitriles is 1. The molecule has 0 fully saturated rings.